The fraction of sp³-hybridized carbons (Fsp3) is 0.250. The fourth-order valence-corrected chi connectivity index (χ4v) is 3.29. The quantitative estimate of drug-likeness (QED) is 0.811. The highest BCUT2D eigenvalue weighted by Gasteiger charge is 2.64. The number of hydrogen-bond acceptors (Lipinski definition) is 3. The van der Waals surface area contributed by atoms with Gasteiger partial charge in [-0.25, -0.2) is 0 Å². The van der Waals surface area contributed by atoms with E-state index in [-0.39, 0.29) is 17.7 Å². The van der Waals surface area contributed by atoms with E-state index in [9.17, 15) is 27.6 Å². The molecule has 0 radical (unpaired) electrons. The number of rotatable bonds is 4. The lowest BCUT2D eigenvalue weighted by atomic mass is 9.86. The Morgan fingerprint density at radius 3 is 2.04 bits per heavy atom. The predicted molar refractivity (Wildman–Crippen MR) is 93.0 cm³/mol. The average Bonchev–Trinajstić information content (AvgIpc) is 3.15. The Balaban J connectivity index is 1.93. The Kier molecular flexibility index (Phi) is 4.97. The van der Waals surface area contributed by atoms with Crippen LogP contribution in [0.1, 0.15) is 32.7 Å². The number of benzene rings is 2. The molecule has 1 atom stereocenters. The number of carbonyl (C=O) groups excluding carboxylic acids is 2. The highest BCUT2D eigenvalue weighted by molar-refractivity contribution is 6.15. The van der Waals surface area contributed by atoms with E-state index in [1.165, 1.54) is 18.2 Å². The molecule has 1 N–H and O–H groups in total. The number of carboxylic acid groups (broad SMARTS) is 1. The topological polar surface area (TPSA) is 74.7 Å². The average molecular weight is 391 g/mol. The molecule has 146 valence electrons. The van der Waals surface area contributed by atoms with Crippen molar-refractivity contribution in [2.24, 2.45) is 5.41 Å². The molecule has 0 bridgehead atoms. The second kappa shape index (κ2) is 7.10. The number of ketones is 1. The minimum absolute atomic E-state index is 0.0542. The maximum Gasteiger partial charge on any atom is 0.406 e. The first-order valence-corrected chi connectivity index (χ1v) is 8.45. The zero-order valence-corrected chi connectivity index (χ0v) is 14.6. The third kappa shape index (κ3) is 3.26. The molecule has 1 aliphatic heterocycles. The lowest BCUT2D eigenvalue weighted by Gasteiger charge is -2.27. The minimum Gasteiger partial charge on any atom is -0.481 e. The van der Waals surface area contributed by atoms with E-state index in [1.54, 1.807) is 36.4 Å². The van der Waals surface area contributed by atoms with Gasteiger partial charge in [0.1, 0.15) is 0 Å². The molecule has 28 heavy (non-hydrogen) atoms. The van der Waals surface area contributed by atoms with Gasteiger partial charge in [-0.15, -0.1) is 0 Å². The van der Waals surface area contributed by atoms with Crippen LogP contribution in [0, 0.1) is 5.41 Å². The van der Waals surface area contributed by atoms with Crippen molar-refractivity contribution in [3.05, 3.63) is 71.3 Å². The number of aliphatic carboxylic acids is 1. The van der Waals surface area contributed by atoms with Crippen LogP contribution in [0.15, 0.2) is 54.6 Å². The highest BCUT2D eigenvalue weighted by atomic mass is 19.4. The number of likely N-dealkylation sites (tertiary alicyclic amines) is 1. The van der Waals surface area contributed by atoms with Crippen LogP contribution in [0.25, 0.3) is 0 Å². The van der Waals surface area contributed by atoms with E-state index in [2.05, 4.69) is 0 Å². The number of carbonyl (C=O) groups is 3. The number of alkyl halides is 3. The van der Waals surface area contributed by atoms with Gasteiger partial charge in [0.25, 0.3) is 5.91 Å². The molecule has 0 spiro atoms. The molecule has 0 aliphatic carbocycles. The van der Waals surface area contributed by atoms with Gasteiger partial charge in [-0.3, -0.25) is 14.4 Å². The number of hydrogen-bond donors (Lipinski definition) is 1. The summed E-state index contributed by atoms with van der Waals surface area (Å²) in [7, 11) is 0. The number of amides is 1. The number of carboxylic acids is 1. The Hall–Kier alpha value is -3.16. The molecular weight excluding hydrogens is 375 g/mol. The minimum atomic E-state index is -4.99. The van der Waals surface area contributed by atoms with Gasteiger partial charge in [-0.05, 0) is 12.5 Å². The van der Waals surface area contributed by atoms with Gasteiger partial charge in [-0.1, -0.05) is 48.5 Å². The molecule has 1 saturated heterocycles. The monoisotopic (exact) mass is 391 g/mol. The highest BCUT2D eigenvalue weighted by Crippen LogP contribution is 2.46. The summed E-state index contributed by atoms with van der Waals surface area (Å²) < 4.78 is 40.1. The van der Waals surface area contributed by atoms with Gasteiger partial charge in [0.15, 0.2) is 11.2 Å². The van der Waals surface area contributed by atoms with E-state index in [4.69, 9.17) is 5.11 Å². The smallest absolute Gasteiger partial charge is 0.406 e. The number of halogens is 3. The summed E-state index contributed by atoms with van der Waals surface area (Å²) in [6.07, 6.45) is -5.72. The van der Waals surface area contributed by atoms with Crippen LogP contribution in [0.3, 0.4) is 0 Å². The van der Waals surface area contributed by atoms with Crippen molar-refractivity contribution in [1.29, 1.82) is 0 Å². The third-order valence-corrected chi connectivity index (χ3v) is 4.95. The summed E-state index contributed by atoms with van der Waals surface area (Å²) in [6.45, 7) is -1.35. The largest absolute Gasteiger partial charge is 0.481 e. The van der Waals surface area contributed by atoms with E-state index in [0.29, 0.717) is 5.56 Å². The maximum absolute atomic E-state index is 13.4. The van der Waals surface area contributed by atoms with Crippen molar-refractivity contribution in [2.75, 3.05) is 13.1 Å². The van der Waals surface area contributed by atoms with Gasteiger partial charge >= 0.3 is 12.1 Å². The lowest BCUT2D eigenvalue weighted by Crippen LogP contribution is -2.47. The van der Waals surface area contributed by atoms with Crippen LogP contribution in [-0.4, -0.2) is 46.9 Å². The molecule has 2 aromatic rings. The second-order valence-corrected chi connectivity index (χ2v) is 6.60. The van der Waals surface area contributed by atoms with Crippen molar-refractivity contribution in [3.8, 4) is 0 Å². The Morgan fingerprint density at radius 2 is 1.50 bits per heavy atom. The van der Waals surface area contributed by atoms with Crippen LogP contribution in [0.5, 0.6) is 0 Å². The zero-order chi connectivity index (χ0) is 20.5. The molecular formula is C20H16F3NO4. The summed E-state index contributed by atoms with van der Waals surface area (Å²) in [5.41, 5.74) is -2.67. The molecule has 8 heteroatoms. The van der Waals surface area contributed by atoms with Crippen molar-refractivity contribution < 1.29 is 32.7 Å². The first kappa shape index (κ1) is 19.6. The van der Waals surface area contributed by atoms with E-state index in [1.807, 2.05) is 0 Å². The molecule has 3 rings (SSSR count). The molecule has 1 fully saturated rings. The molecule has 1 heterocycles. The van der Waals surface area contributed by atoms with Gasteiger partial charge < -0.3 is 10.0 Å². The molecule has 1 amide bonds. The van der Waals surface area contributed by atoms with Crippen LogP contribution >= 0.6 is 0 Å². The Morgan fingerprint density at radius 1 is 0.929 bits per heavy atom. The molecule has 0 saturated carbocycles. The van der Waals surface area contributed by atoms with Crippen molar-refractivity contribution >= 4 is 17.7 Å². The van der Waals surface area contributed by atoms with Crippen molar-refractivity contribution in [2.45, 2.75) is 12.6 Å². The summed E-state index contributed by atoms with van der Waals surface area (Å²) in [5, 5.41) is 9.15. The first-order chi connectivity index (χ1) is 13.2. The summed E-state index contributed by atoms with van der Waals surface area (Å²) in [6, 6.07) is 14.0. The van der Waals surface area contributed by atoms with E-state index in [0.717, 1.165) is 4.90 Å². The third-order valence-electron chi connectivity index (χ3n) is 4.95. The van der Waals surface area contributed by atoms with Crippen LogP contribution < -0.4 is 0 Å². The maximum atomic E-state index is 13.4. The summed E-state index contributed by atoms with van der Waals surface area (Å²) in [5.74, 6) is -3.25. The predicted octanol–water partition coefficient (Wildman–Crippen LogP) is 3.40. The SMILES string of the molecule is O=C(c1ccccc1)c1ccccc1C(=O)N1CCC(C(=O)O)(C(F)(F)F)C1. The molecule has 1 aliphatic rings. The molecule has 0 aromatic heterocycles. The van der Waals surface area contributed by atoms with E-state index < -0.39 is 42.2 Å². The summed E-state index contributed by atoms with van der Waals surface area (Å²) in [4.78, 5) is 37.8. The van der Waals surface area contributed by atoms with Gasteiger partial charge in [0.05, 0.1) is 5.56 Å². The standard InChI is InChI=1S/C20H16F3NO4/c21-20(22,23)19(18(27)28)10-11-24(12-19)17(26)15-9-5-4-8-14(15)16(25)13-6-2-1-3-7-13/h1-9H,10-12H2,(H,27,28). The summed E-state index contributed by atoms with van der Waals surface area (Å²) >= 11 is 0. The fourth-order valence-electron chi connectivity index (χ4n) is 3.29. The van der Waals surface area contributed by atoms with Crippen LogP contribution in [-0.2, 0) is 4.79 Å². The first-order valence-electron chi connectivity index (χ1n) is 8.45. The van der Waals surface area contributed by atoms with E-state index >= 15 is 0 Å². The van der Waals surface area contributed by atoms with Crippen LogP contribution in [0.4, 0.5) is 13.2 Å². The number of nitrogens with zero attached hydrogens (tertiary/aromatic N) is 1. The molecule has 1 unspecified atom stereocenters. The molecule has 5 nitrogen and oxygen atoms in total. The van der Waals surface area contributed by atoms with Gasteiger partial charge in [0, 0.05) is 24.2 Å². The van der Waals surface area contributed by atoms with Crippen LogP contribution in [0.2, 0.25) is 0 Å². The van der Waals surface area contributed by atoms with Crippen molar-refractivity contribution in [3.63, 3.8) is 0 Å². The second-order valence-electron chi connectivity index (χ2n) is 6.60. The molecule has 2 aromatic carbocycles. The van der Waals surface area contributed by atoms with Gasteiger partial charge in [0.2, 0.25) is 0 Å². The lowest BCUT2D eigenvalue weighted by molar-refractivity contribution is -0.227. The van der Waals surface area contributed by atoms with Gasteiger partial charge in [-0.2, -0.15) is 13.2 Å². The Bertz CT molecular complexity index is 927. The normalized spacial score (nSPS) is 19.5. The van der Waals surface area contributed by atoms with Crippen molar-refractivity contribution in [1.82, 2.24) is 4.90 Å². The Labute approximate surface area is 158 Å². The zero-order valence-electron chi connectivity index (χ0n) is 14.6.